The fraction of sp³-hybridized carbons (Fsp3) is 1.00. The normalized spacial score (nSPS) is 12.0. The maximum Gasteiger partial charge on any atom is 0.203 e. The van der Waals surface area contributed by atoms with Crippen molar-refractivity contribution in [3.8, 4) is 0 Å². The van der Waals surface area contributed by atoms with E-state index in [9.17, 15) is 4.57 Å². The minimum absolute atomic E-state index is 0.694. The molecule has 0 spiro atoms. The van der Waals surface area contributed by atoms with Crippen molar-refractivity contribution in [1.82, 2.24) is 0 Å². The van der Waals surface area contributed by atoms with Crippen molar-refractivity contribution in [1.29, 1.82) is 0 Å². The molecule has 0 aliphatic heterocycles. The summed E-state index contributed by atoms with van der Waals surface area (Å²) >= 11 is 0. The van der Waals surface area contributed by atoms with Gasteiger partial charge in [-0.1, -0.05) is 91.4 Å². The van der Waals surface area contributed by atoms with E-state index in [2.05, 4.69) is 20.8 Å². The van der Waals surface area contributed by atoms with Gasteiger partial charge in [0, 0.05) is 12.3 Å². The van der Waals surface area contributed by atoms with Gasteiger partial charge in [-0.25, -0.2) is 0 Å². The molecule has 0 fully saturated rings. The summed E-state index contributed by atoms with van der Waals surface area (Å²) in [5.74, 6) is 0. The van der Waals surface area contributed by atoms with Crippen LogP contribution in [0.2, 0.25) is 0 Å². The van der Waals surface area contributed by atoms with Crippen LogP contribution in [0.25, 0.3) is 0 Å². The van der Waals surface area contributed by atoms with Crippen LogP contribution in [0.15, 0.2) is 0 Å². The largest absolute Gasteiger partial charge is 0.328 e. The minimum Gasteiger partial charge on any atom is -0.328 e. The molecule has 0 N–H and O–H groups in total. The summed E-state index contributed by atoms with van der Waals surface area (Å²) in [4.78, 5) is 0. The zero-order valence-corrected chi connectivity index (χ0v) is 17.2. The first-order valence-corrected chi connectivity index (χ1v) is 12.4. The van der Waals surface area contributed by atoms with Gasteiger partial charge in [0.05, 0.1) is 6.61 Å². The monoisotopic (exact) mass is 346 g/mol. The topological polar surface area (TPSA) is 26.3 Å². The van der Waals surface area contributed by atoms with Gasteiger partial charge in [0.1, 0.15) is 0 Å². The zero-order valence-electron chi connectivity index (χ0n) is 16.3. The molecule has 140 valence electrons. The van der Waals surface area contributed by atoms with Crippen molar-refractivity contribution in [2.24, 2.45) is 0 Å². The molecule has 2 nitrogen and oxygen atoms in total. The highest BCUT2D eigenvalue weighted by molar-refractivity contribution is 7.58. The Hall–Kier alpha value is 0.190. The Morgan fingerprint density at radius 1 is 0.565 bits per heavy atom. The number of rotatable bonds is 18. The second kappa shape index (κ2) is 17.0. The summed E-state index contributed by atoms with van der Waals surface area (Å²) in [5, 5.41) is 0. The quantitative estimate of drug-likeness (QED) is 0.187. The lowest BCUT2D eigenvalue weighted by atomic mass is 10.1. The van der Waals surface area contributed by atoms with Gasteiger partial charge in [-0.05, 0) is 19.3 Å². The molecule has 0 saturated carbocycles. The predicted octanol–water partition coefficient (Wildman–Crippen LogP) is 7.80. The van der Waals surface area contributed by atoms with Gasteiger partial charge >= 0.3 is 0 Å². The van der Waals surface area contributed by atoms with Crippen LogP contribution >= 0.6 is 7.37 Å². The van der Waals surface area contributed by atoms with Crippen molar-refractivity contribution < 1.29 is 9.09 Å². The average Bonchev–Trinajstić information content (AvgIpc) is 2.54. The summed E-state index contributed by atoms with van der Waals surface area (Å²) in [6.45, 7) is 7.35. The molecule has 0 aromatic heterocycles. The average molecular weight is 347 g/mol. The molecule has 0 aromatic rings. The van der Waals surface area contributed by atoms with Gasteiger partial charge in [0.2, 0.25) is 7.37 Å². The Bertz CT molecular complexity index is 259. The molecular formula is C20H43O2P. The third-order valence-corrected chi connectivity index (χ3v) is 7.18. The van der Waals surface area contributed by atoms with Crippen molar-refractivity contribution in [2.75, 3.05) is 18.9 Å². The van der Waals surface area contributed by atoms with Crippen LogP contribution in [0, 0.1) is 0 Å². The first-order chi connectivity index (χ1) is 11.2. The van der Waals surface area contributed by atoms with Crippen molar-refractivity contribution >= 4 is 7.37 Å². The third-order valence-electron chi connectivity index (χ3n) is 4.53. The van der Waals surface area contributed by atoms with Gasteiger partial charge in [0.25, 0.3) is 0 Å². The van der Waals surface area contributed by atoms with E-state index in [0.29, 0.717) is 6.61 Å². The van der Waals surface area contributed by atoms with Gasteiger partial charge in [-0.3, -0.25) is 4.57 Å². The second-order valence-corrected chi connectivity index (χ2v) is 9.77. The molecule has 0 aliphatic carbocycles. The maximum absolute atomic E-state index is 13.0. The highest BCUT2D eigenvalue weighted by Crippen LogP contribution is 2.49. The Labute approximate surface area is 146 Å². The first-order valence-electron chi connectivity index (χ1n) is 10.4. The molecule has 0 radical (unpaired) electrons. The van der Waals surface area contributed by atoms with E-state index in [-0.39, 0.29) is 0 Å². The molecule has 0 atom stereocenters. The third kappa shape index (κ3) is 15.5. The van der Waals surface area contributed by atoms with Crippen LogP contribution in [0.3, 0.4) is 0 Å². The van der Waals surface area contributed by atoms with Crippen molar-refractivity contribution in [3.63, 3.8) is 0 Å². The van der Waals surface area contributed by atoms with Crippen LogP contribution in [0.4, 0.5) is 0 Å². The van der Waals surface area contributed by atoms with E-state index in [0.717, 1.165) is 38.0 Å². The molecule has 0 aliphatic rings. The molecule has 0 aromatic carbocycles. The second-order valence-electron chi connectivity index (χ2n) is 6.98. The lowest BCUT2D eigenvalue weighted by molar-refractivity contribution is 0.304. The van der Waals surface area contributed by atoms with Crippen LogP contribution in [0.1, 0.15) is 111 Å². The molecule has 0 heterocycles. The summed E-state index contributed by atoms with van der Waals surface area (Å²) in [6.07, 6.45) is 18.9. The van der Waals surface area contributed by atoms with Gasteiger partial charge in [0.15, 0.2) is 0 Å². The van der Waals surface area contributed by atoms with E-state index in [1.54, 1.807) is 0 Å². The Kier molecular flexibility index (Phi) is 17.2. The van der Waals surface area contributed by atoms with E-state index in [1.165, 1.54) is 64.2 Å². The van der Waals surface area contributed by atoms with Crippen molar-refractivity contribution in [2.45, 2.75) is 111 Å². The zero-order chi connectivity index (χ0) is 17.2. The minimum atomic E-state index is -2.36. The fourth-order valence-electron chi connectivity index (χ4n) is 2.88. The molecule has 0 saturated heterocycles. The molecule has 23 heavy (non-hydrogen) atoms. The number of unbranched alkanes of at least 4 members (excludes halogenated alkanes) is 11. The molecule has 0 bridgehead atoms. The first kappa shape index (κ1) is 23.2. The lowest BCUT2D eigenvalue weighted by Gasteiger charge is -2.19. The summed E-state index contributed by atoms with van der Waals surface area (Å²) in [6, 6.07) is 0. The Morgan fingerprint density at radius 3 is 1.39 bits per heavy atom. The molecule has 0 rings (SSSR count). The Balaban J connectivity index is 3.95. The van der Waals surface area contributed by atoms with Crippen LogP contribution in [0.5, 0.6) is 0 Å². The van der Waals surface area contributed by atoms with E-state index >= 15 is 0 Å². The lowest BCUT2D eigenvalue weighted by Crippen LogP contribution is -2.02. The van der Waals surface area contributed by atoms with E-state index < -0.39 is 7.37 Å². The smallest absolute Gasteiger partial charge is 0.203 e. The van der Waals surface area contributed by atoms with Crippen LogP contribution < -0.4 is 0 Å². The molecule has 3 heteroatoms. The SMILES string of the molecule is CCCCCCCCP(=O)(CCCCCCCC)OCCCC. The maximum atomic E-state index is 13.0. The highest BCUT2D eigenvalue weighted by Gasteiger charge is 2.21. The summed E-state index contributed by atoms with van der Waals surface area (Å²) < 4.78 is 18.9. The van der Waals surface area contributed by atoms with E-state index in [1.807, 2.05) is 0 Å². The van der Waals surface area contributed by atoms with Gasteiger partial charge < -0.3 is 4.52 Å². The molecule has 0 amide bonds. The standard InChI is InChI=1S/C20H43O2P/c1-4-7-10-12-14-16-19-23(21,22-18-9-6-3)20-17-15-13-11-8-5-2/h4-20H2,1-3H3. The van der Waals surface area contributed by atoms with Crippen LogP contribution in [-0.4, -0.2) is 18.9 Å². The summed E-state index contributed by atoms with van der Waals surface area (Å²) in [7, 11) is -2.36. The van der Waals surface area contributed by atoms with E-state index in [4.69, 9.17) is 4.52 Å². The number of hydrogen-bond donors (Lipinski definition) is 0. The molecule has 0 unspecified atom stereocenters. The van der Waals surface area contributed by atoms with Gasteiger partial charge in [-0.2, -0.15) is 0 Å². The summed E-state index contributed by atoms with van der Waals surface area (Å²) in [5.41, 5.74) is 0. The van der Waals surface area contributed by atoms with Gasteiger partial charge in [-0.15, -0.1) is 0 Å². The molecular weight excluding hydrogens is 303 g/mol. The highest BCUT2D eigenvalue weighted by atomic mass is 31.2. The predicted molar refractivity (Wildman–Crippen MR) is 105 cm³/mol. The Morgan fingerprint density at radius 2 is 0.957 bits per heavy atom. The van der Waals surface area contributed by atoms with Crippen molar-refractivity contribution in [3.05, 3.63) is 0 Å². The van der Waals surface area contributed by atoms with Crippen LogP contribution in [-0.2, 0) is 9.09 Å². The fourth-order valence-corrected chi connectivity index (χ4v) is 5.24. The number of hydrogen-bond acceptors (Lipinski definition) is 2.